The van der Waals surface area contributed by atoms with E-state index in [4.69, 9.17) is 4.98 Å². The molecule has 0 bridgehead atoms. The van der Waals surface area contributed by atoms with Crippen molar-refractivity contribution in [3.05, 3.63) is 76.3 Å². The Labute approximate surface area is 185 Å². The molecule has 0 N–H and O–H groups in total. The highest BCUT2D eigenvalue weighted by atomic mass is 32.2. The number of rotatable bonds is 6. The molecule has 31 heavy (non-hydrogen) atoms. The molecule has 9 heteroatoms. The molecule has 0 atom stereocenters. The van der Waals surface area contributed by atoms with Gasteiger partial charge in [0.25, 0.3) is 0 Å². The van der Waals surface area contributed by atoms with E-state index in [-0.39, 0.29) is 13.1 Å². The third-order valence-electron chi connectivity index (χ3n) is 5.38. The Morgan fingerprint density at radius 3 is 2.32 bits per heavy atom. The molecule has 5 nitrogen and oxygen atoms in total. The summed E-state index contributed by atoms with van der Waals surface area (Å²) in [4.78, 5) is 6.27. The lowest BCUT2D eigenvalue weighted by Gasteiger charge is -2.33. The average molecular weight is 464 g/mol. The fraction of sp³-hybridized carbons (Fsp3) is 0.318. The number of hydrogen-bond acceptors (Lipinski definition) is 5. The van der Waals surface area contributed by atoms with Crippen molar-refractivity contribution in [2.75, 3.05) is 31.1 Å². The van der Waals surface area contributed by atoms with Crippen molar-refractivity contribution in [1.29, 1.82) is 0 Å². The van der Waals surface area contributed by atoms with Crippen LogP contribution in [0.25, 0.3) is 0 Å². The maximum atomic E-state index is 14.0. The number of aryl methyl sites for hydroxylation is 1. The number of nitrogens with zero attached hydrogens (tertiary/aromatic N) is 3. The van der Waals surface area contributed by atoms with E-state index >= 15 is 0 Å². The summed E-state index contributed by atoms with van der Waals surface area (Å²) in [5, 5.41) is 2.88. The molecule has 2 heterocycles. The molecule has 0 unspecified atom stereocenters. The van der Waals surface area contributed by atoms with Gasteiger partial charge in [0.15, 0.2) is 5.13 Å². The van der Waals surface area contributed by atoms with E-state index in [2.05, 4.69) is 31.2 Å². The zero-order valence-electron chi connectivity index (χ0n) is 17.1. The highest BCUT2D eigenvalue weighted by molar-refractivity contribution is 7.89. The topological polar surface area (TPSA) is 53.5 Å². The van der Waals surface area contributed by atoms with E-state index in [1.807, 2.05) is 10.3 Å². The van der Waals surface area contributed by atoms with Crippen molar-refractivity contribution in [3.8, 4) is 0 Å². The van der Waals surface area contributed by atoms with Gasteiger partial charge in [-0.2, -0.15) is 4.31 Å². The molecule has 0 saturated carbocycles. The minimum Gasteiger partial charge on any atom is -0.345 e. The number of anilines is 1. The Balaban J connectivity index is 1.39. The second-order valence-electron chi connectivity index (χ2n) is 7.43. The Bertz CT molecular complexity index is 1160. The van der Waals surface area contributed by atoms with Crippen LogP contribution in [0.5, 0.6) is 0 Å². The monoisotopic (exact) mass is 463 g/mol. The van der Waals surface area contributed by atoms with E-state index in [0.29, 0.717) is 19.2 Å². The Morgan fingerprint density at radius 1 is 1.00 bits per heavy atom. The number of halogens is 2. The predicted molar refractivity (Wildman–Crippen MR) is 118 cm³/mol. The van der Waals surface area contributed by atoms with Gasteiger partial charge < -0.3 is 4.90 Å². The first-order valence-corrected chi connectivity index (χ1v) is 12.4. The lowest BCUT2D eigenvalue weighted by molar-refractivity contribution is 0.382. The summed E-state index contributed by atoms with van der Waals surface area (Å²) in [7, 11) is -4.01. The van der Waals surface area contributed by atoms with Gasteiger partial charge in [-0.15, -0.1) is 11.3 Å². The predicted octanol–water partition coefficient (Wildman–Crippen LogP) is 4.09. The normalized spacial score (nSPS) is 15.4. The van der Waals surface area contributed by atoms with Crippen LogP contribution in [0.3, 0.4) is 0 Å². The molecule has 1 saturated heterocycles. The summed E-state index contributed by atoms with van der Waals surface area (Å²) in [6, 6.07) is 11.0. The molecule has 1 aliphatic rings. The molecule has 1 aliphatic heterocycles. The van der Waals surface area contributed by atoms with Gasteiger partial charge in [0.2, 0.25) is 10.0 Å². The molecule has 164 valence electrons. The quantitative estimate of drug-likeness (QED) is 0.553. The smallest absolute Gasteiger partial charge is 0.246 e. The minimum atomic E-state index is -4.01. The zero-order chi connectivity index (χ0) is 22.0. The molecular weight excluding hydrogens is 440 g/mol. The maximum absolute atomic E-state index is 14.0. The lowest BCUT2D eigenvalue weighted by Crippen LogP contribution is -2.48. The van der Waals surface area contributed by atoms with E-state index in [1.165, 1.54) is 26.8 Å². The Morgan fingerprint density at radius 2 is 1.68 bits per heavy atom. The minimum absolute atomic E-state index is 0.215. The summed E-state index contributed by atoms with van der Waals surface area (Å²) in [6.45, 7) is 3.47. The number of sulfonamides is 1. The van der Waals surface area contributed by atoms with E-state index < -0.39 is 26.6 Å². The lowest BCUT2D eigenvalue weighted by atomic mass is 10.1. The number of thiazole rings is 1. The molecular formula is C22H23F2N3O2S2. The van der Waals surface area contributed by atoms with Crippen LogP contribution in [0.4, 0.5) is 13.9 Å². The molecule has 2 aromatic carbocycles. The highest BCUT2D eigenvalue weighted by Gasteiger charge is 2.31. The molecule has 0 aliphatic carbocycles. The summed E-state index contributed by atoms with van der Waals surface area (Å²) < 4.78 is 53.9. The van der Waals surface area contributed by atoms with Gasteiger partial charge in [-0.1, -0.05) is 31.2 Å². The molecule has 4 rings (SSSR count). The summed E-state index contributed by atoms with van der Waals surface area (Å²) in [5.74, 6) is -1.87. The van der Waals surface area contributed by atoms with Crippen LogP contribution in [0, 0.1) is 11.6 Å². The molecule has 1 fully saturated rings. The first kappa shape index (κ1) is 21.9. The van der Waals surface area contributed by atoms with Crippen LogP contribution in [-0.4, -0.2) is 43.9 Å². The van der Waals surface area contributed by atoms with Crippen LogP contribution in [0.1, 0.15) is 23.7 Å². The van der Waals surface area contributed by atoms with E-state index in [1.54, 1.807) is 0 Å². The van der Waals surface area contributed by atoms with Crippen molar-refractivity contribution >= 4 is 26.5 Å². The third-order valence-corrected chi connectivity index (χ3v) is 8.26. The van der Waals surface area contributed by atoms with Crippen LogP contribution in [0.15, 0.2) is 52.7 Å². The van der Waals surface area contributed by atoms with Crippen LogP contribution >= 0.6 is 11.3 Å². The second-order valence-corrected chi connectivity index (χ2v) is 10.2. The van der Waals surface area contributed by atoms with Crippen molar-refractivity contribution in [1.82, 2.24) is 9.29 Å². The number of benzene rings is 2. The zero-order valence-corrected chi connectivity index (χ0v) is 18.7. The van der Waals surface area contributed by atoms with Crippen LogP contribution in [-0.2, 0) is 22.9 Å². The van der Waals surface area contributed by atoms with Gasteiger partial charge in [0, 0.05) is 44.0 Å². The van der Waals surface area contributed by atoms with Gasteiger partial charge in [-0.25, -0.2) is 22.2 Å². The molecule has 1 aromatic heterocycles. The molecule has 3 aromatic rings. The summed E-state index contributed by atoms with van der Waals surface area (Å²) >= 11 is 1.54. The van der Waals surface area contributed by atoms with Gasteiger partial charge in [0.1, 0.15) is 16.5 Å². The van der Waals surface area contributed by atoms with E-state index in [0.717, 1.165) is 35.8 Å². The number of aromatic nitrogens is 1. The van der Waals surface area contributed by atoms with Crippen LogP contribution < -0.4 is 4.90 Å². The van der Waals surface area contributed by atoms with Crippen LogP contribution in [0.2, 0.25) is 0 Å². The van der Waals surface area contributed by atoms with Crippen molar-refractivity contribution in [2.24, 2.45) is 0 Å². The van der Waals surface area contributed by atoms with Crippen molar-refractivity contribution < 1.29 is 17.2 Å². The standard InChI is InChI=1S/C22H23F2N3O2S2/c1-2-16-3-5-17(6-4-16)13-19-15-30-22(25-19)26-9-11-27(12-10-26)31(28,29)21-8-7-18(23)14-20(21)24/h3-8,14-15H,2,9-13H2,1H3. The molecule has 0 spiro atoms. The average Bonchev–Trinajstić information content (AvgIpc) is 3.22. The highest BCUT2D eigenvalue weighted by Crippen LogP contribution is 2.26. The first-order chi connectivity index (χ1) is 14.9. The fourth-order valence-corrected chi connectivity index (χ4v) is 5.91. The largest absolute Gasteiger partial charge is 0.345 e. The molecule has 0 amide bonds. The van der Waals surface area contributed by atoms with Gasteiger partial charge >= 0.3 is 0 Å². The SMILES string of the molecule is CCc1ccc(Cc2csc(N3CCN(S(=O)(=O)c4ccc(F)cc4F)CC3)n2)cc1. The first-order valence-electron chi connectivity index (χ1n) is 10.1. The fourth-order valence-electron chi connectivity index (χ4n) is 3.57. The van der Waals surface area contributed by atoms with Crippen molar-refractivity contribution in [3.63, 3.8) is 0 Å². The second kappa shape index (κ2) is 9.02. The van der Waals surface area contributed by atoms with Gasteiger partial charge in [0.05, 0.1) is 5.69 Å². The molecule has 0 radical (unpaired) electrons. The summed E-state index contributed by atoms with van der Waals surface area (Å²) in [5.41, 5.74) is 3.48. The number of piperazine rings is 1. The Kier molecular flexibility index (Phi) is 6.36. The van der Waals surface area contributed by atoms with Gasteiger partial charge in [-0.05, 0) is 29.7 Å². The van der Waals surface area contributed by atoms with Gasteiger partial charge in [-0.3, -0.25) is 0 Å². The van der Waals surface area contributed by atoms with E-state index in [9.17, 15) is 17.2 Å². The third kappa shape index (κ3) is 4.78. The number of hydrogen-bond donors (Lipinski definition) is 0. The maximum Gasteiger partial charge on any atom is 0.246 e. The Hall–Kier alpha value is -2.36. The summed E-state index contributed by atoms with van der Waals surface area (Å²) in [6.07, 6.45) is 1.76. The van der Waals surface area contributed by atoms with Crippen molar-refractivity contribution in [2.45, 2.75) is 24.7 Å².